The normalized spacial score (nSPS) is 11.4. The molecule has 0 spiro atoms. The Kier molecular flexibility index (Phi) is 29.4. The summed E-state index contributed by atoms with van der Waals surface area (Å²) in [5.41, 5.74) is 22.7. The van der Waals surface area contributed by atoms with Gasteiger partial charge in [0.2, 0.25) is 0 Å². The first-order valence-electron chi connectivity index (χ1n) is 11.4. The minimum absolute atomic E-state index is 0.675. The number of rotatable bonds is 20. The molecular formula is C18H50N4O3SSi3. The molecule has 0 bridgehead atoms. The first-order valence-corrected chi connectivity index (χ1v) is 19.9. The third-order valence-corrected chi connectivity index (χ3v) is 23.1. The molecule has 0 rings (SSSR count). The molecule has 0 aliphatic carbocycles. The summed E-state index contributed by atoms with van der Waals surface area (Å²) in [5.74, 6) is 0. The Bertz CT molecular complexity index is 269. The monoisotopic (exact) mass is 486 g/mol. The Morgan fingerprint density at radius 1 is 0.552 bits per heavy atom. The smallest absolute Gasteiger partial charge is 0.376 e. The molecule has 0 fully saturated rings. The van der Waals surface area contributed by atoms with Crippen LogP contribution in [0.4, 0.5) is 0 Å². The summed E-state index contributed by atoms with van der Waals surface area (Å²) < 4.78 is 15.7. The Morgan fingerprint density at radius 3 is 1.03 bits per heavy atom. The highest BCUT2D eigenvalue weighted by Crippen LogP contribution is 2.27. The fourth-order valence-electron chi connectivity index (χ4n) is 2.77. The van der Waals surface area contributed by atoms with Gasteiger partial charge in [-0.25, -0.2) is 10.7 Å². The minimum Gasteiger partial charge on any atom is -0.376 e. The summed E-state index contributed by atoms with van der Waals surface area (Å²) in [5, 5.41) is 0. The van der Waals surface area contributed by atoms with Crippen molar-refractivity contribution in [1.29, 1.82) is 0 Å². The van der Waals surface area contributed by atoms with E-state index in [4.69, 9.17) is 36.2 Å². The van der Waals surface area contributed by atoms with Crippen molar-refractivity contribution in [3.8, 4) is 0 Å². The zero-order valence-corrected chi connectivity index (χ0v) is 23.6. The average Bonchev–Trinajstić information content (AvgIpc) is 2.72. The SMILES string of the molecule is CCO[SiH](OCC)OCC.NCCC[SiH](CCCN)S[SiH](CCCN)CCCN. The zero-order chi connectivity index (χ0) is 22.2. The van der Waals surface area contributed by atoms with Crippen LogP contribution in [0.15, 0.2) is 0 Å². The van der Waals surface area contributed by atoms with Crippen molar-refractivity contribution in [2.75, 3.05) is 46.0 Å². The van der Waals surface area contributed by atoms with Crippen molar-refractivity contribution in [3.63, 3.8) is 0 Å². The molecule has 0 aromatic heterocycles. The van der Waals surface area contributed by atoms with Gasteiger partial charge in [-0.3, -0.25) is 0 Å². The molecule has 0 amide bonds. The van der Waals surface area contributed by atoms with E-state index in [9.17, 15) is 0 Å². The van der Waals surface area contributed by atoms with Gasteiger partial charge in [-0.15, -0.1) is 0 Å². The first kappa shape index (κ1) is 31.9. The van der Waals surface area contributed by atoms with E-state index in [-0.39, 0.29) is 0 Å². The first-order chi connectivity index (χ1) is 14.1. The van der Waals surface area contributed by atoms with E-state index in [0.29, 0.717) is 19.8 Å². The largest absolute Gasteiger partial charge is 0.484 e. The van der Waals surface area contributed by atoms with Crippen LogP contribution in [0.5, 0.6) is 0 Å². The van der Waals surface area contributed by atoms with Gasteiger partial charge in [0.25, 0.3) is 0 Å². The van der Waals surface area contributed by atoms with Crippen LogP contribution in [0, 0.1) is 0 Å². The van der Waals surface area contributed by atoms with Crippen LogP contribution in [0.3, 0.4) is 0 Å². The van der Waals surface area contributed by atoms with Crippen LogP contribution in [-0.2, 0) is 13.3 Å². The zero-order valence-electron chi connectivity index (χ0n) is 19.3. The molecule has 0 aliphatic rings. The number of hydrogen-bond acceptors (Lipinski definition) is 8. The molecule has 0 heterocycles. The summed E-state index contributed by atoms with van der Waals surface area (Å²) >= 11 is 0. The van der Waals surface area contributed by atoms with Crippen molar-refractivity contribution in [1.82, 2.24) is 0 Å². The van der Waals surface area contributed by atoms with E-state index < -0.39 is 25.4 Å². The molecule has 0 saturated heterocycles. The summed E-state index contributed by atoms with van der Waals surface area (Å²) in [4.78, 5) is 0. The van der Waals surface area contributed by atoms with Crippen LogP contribution in [0.25, 0.3) is 0 Å². The van der Waals surface area contributed by atoms with Gasteiger partial charge >= 0.3 is 9.53 Å². The van der Waals surface area contributed by atoms with E-state index in [1.54, 1.807) is 0 Å². The van der Waals surface area contributed by atoms with Gasteiger partial charge < -0.3 is 36.2 Å². The average molecular weight is 487 g/mol. The Morgan fingerprint density at radius 2 is 0.828 bits per heavy atom. The molecule has 7 nitrogen and oxygen atoms in total. The van der Waals surface area contributed by atoms with Crippen LogP contribution < -0.4 is 22.9 Å². The molecule has 0 aliphatic heterocycles. The third-order valence-electron chi connectivity index (χ3n) is 4.21. The molecule has 0 radical (unpaired) electrons. The topological polar surface area (TPSA) is 132 Å². The second kappa shape index (κ2) is 26.8. The molecule has 8 N–H and O–H groups in total. The van der Waals surface area contributed by atoms with E-state index >= 15 is 0 Å². The maximum Gasteiger partial charge on any atom is 0.484 e. The predicted octanol–water partition coefficient (Wildman–Crippen LogP) is 1.38. The molecule has 0 unspecified atom stereocenters. The summed E-state index contributed by atoms with van der Waals surface area (Å²) in [6, 6.07) is 5.54. The van der Waals surface area contributed by atoms with Crippen LogP contribution in [0.1, 0.15) is 46.5 Å². The Labute approximate surface area is 188 Å². The van der Waals surface area contributed by atoms with E-state index in [1.165, 1.54) is 49.9 Å². The minimum atomic E-state index is -1.73. The van der Waals surface area contributed by atoms with Gasteiger partial charge in [-0.2, -0.15) is 0 Å². The van der Waals surface area contributed by atoms with E-state index in [2.05, 4.69) is 10.7 Å². The lowest BCUT2D eigenvalue weighted by Crippen LogP contribution is -2.27. The standard InChI is InChI=1S/C12H34N4SSi2.C6H16O3Si/c13-5-1-9-18(10-2-6-14)17-19(11-3-7-15)12-4-8-16;1-4-7-10(8-5-2)9-6-3/h18-19H,1-16H2;10H,4-6H2,1-3H3. The van der Waals surface area contributed by atoms with Gasteiger partial charge in [0.1, 0.15) is 0 Å². The van der Waals surface area contributed by atoms with Crippen molar-refractivity contribution in [3.05, 3.63) is 0 Å². The van der Waals surface area contributed by atoms with Crippen molar-refractivity contribution < 1.29 is 13.3 Å². The molecule has 0 atom stereocenters. The lowest BCUT2D eigenvalue weighted by molar-refractivity contribution is 0.107. The van der Waals surface area contributed by atoms with Gasteiger partial charge in [-0.1, -0.05) is 24.2 Å². The van der Waals surface area contributed by atoms with Gasteiger partial charge in [0.05, 0.1) is 15.9 Å². The van der Waals surface area contributed by atoms with Crippen LogP contribution in [0.2, 0.25) is 24.2 Å². The van der Waals surface area contributed by atoms with Crippen LogP contribution in [-0.4, -0.2) is 71.4 Å². The second-order valence-corrected chi connectivity index (χ2v) is 20.7. The van der Waals surface area contributed by atoms with Gasteiger partial charge in [0.15, 0.2) is 0 Å². The highest BCUT2D eigenvalue weighted by molar-refractivity contribution is 8.45. The predicted molar refractivity (Wildman–Crippen MR) is 138 cm³/mol. The summed E-state index contributed by atoms with van der Waals surface area (Å²) in [6.07, 6.45) is 4.79. The Hall–Kier alpha value is 0.721. The maximum atomic E-state index is 5.66. The Balaban J connectivity index is 0. The molecule has 11 heteroatoms. The van der Waals surface area contributed by atoms with Crippen molar-refractivity contribution in [2.24, 2.45) is 22.9 Å². The summed E-state index contributed by atoms with van der Waals surface area (Å²) in [7, 11) is -0.680. The lowest BCUT2D eigenvalue weighted by atomic mass is 10.5. The fraction of sp³-hybridized carbons (Fsp3) is 1.00. The maximum absolute atomic E-state index is 5.66. The second-order valence-electron chi connectivity index (χ2n) is 6.76. The third kappa shape index (κ3) is 23.2. The molecule has 178 valence electrons. The molecule has 0 aromatic rings. The quantitative estimate of drug-likeness (QED) is 0.190. The molecule has 0 aromatic carbocycles. The number of nitrogens with two attached hydrogens (primary N) is 4. The highest BCUT2D eigenvalue weighted by Gasteiger charge is 2.18. The number of hydrogen-bond donors (Lipinski definition) is 4. The van der Waals surface area contributed by atoms with Crippen molar-refractivity contribution in [2.45, 2.75) is 70.6 Å². The fourth-order valence-corrected chi connectivity index (χ4v) is 23.4. The van der Waals surface area contributed by atoms with Gasteiger partial charge in [-0.05, 0) is 72.6 Å². The van der Waals surface area contributed by atoms with E-state index in [0.717, 1.165) is 26.2 Å². The van der Waals surface area contributed by atoms with Crippen molar-refractivity contribution >= 4 is 36.1 Å². The van der Waals surface area contributed by atoms with Gasteiger partial charge in [0, 0.05) is 19.8 Å². The van der Waals surface area contributed by atoms with Crippen LogP contribution >= 0.6 is 10.7 Å². The molecule has 0 saturated carbocycles. The highest BCUT2D eigenvalue weighted by atomic mass is 32.5. The molecule has 29 heavy (non-hydrogen) atoms. The van der Waals surface area contributed by atoms with E-state index in [1.807, 2.05) is 20.8 Å². The summed E-state index contributed by atoms with van der Waals surface area (Å²) in [6.45, 7) is 11.2. The lowest BCUT2D eigenvalue weighted by Gasteiger charge is -2.21. The molecular weight excluding hydrogens is 437 g/mol.